The summed E-state index contributed by atoms with van der Waals surface area (Å²) in [7, 11) is 0. The average Bonchev–Trinajstić information content (AvgIpc) is 2.62. The molecule has 1 aromatic rings. The van der Waals surface area contributed by atoms with Crippen molar-refractivity contribution in [3.63, 3.8) is 0 Å². The van der Waals surface area contributed by atoms with E-state index in [0.717, 1.165) is 0 Å². The van der Waals surface area contributed by atoms with Crippen molar-refractivity contribution in [3.8, 4) is 0 Å². The molecule has 0 aliphatic carbocycles. The highest BCUT2D eigenvalue weighted by atomic mass is 19.1. The zero-order valence-corrected chi connectivity index (χ0v) is 10.3. The normalized spacial score (nSPS) is 20.1. The molecular formula is C12H16FN3O3. The number of halogens is 1. The van der Waals surface area contributed by atoms with Gasteiger partial charge in [-0.3, -0.25) is 4.90 Å². The standard InChI is InChI=1S/C12H16FN3O3/c13-10-7(2-3-8(14)11(10)15)9-6-19-5-1-4-16(9)12(17)18/h2-3,9H,1,4-6,14-15H2,(H,17,18). The second-order valence-corrected chi connectivity index (χ2v) is 4.39. The summed E-state index contributed by atoms with van der Waals surface area (Å²) < 4.78 is 19.5. The molecule has 1 amide bonds. The van der Waals surface area contributed by atoms with Gasteiger partial charge in [-0.15, -0.1) is 0 Å². The Labute approximate surface area is 109 Å². The maximum atomic E-state index is 14.1. The first-order valence-electron chi connectivity index (χ1n) is 5.93. The summed E-state index contributed by atoms with van der Waals surface area (Å²) >= 11 is 0. The minimum atomic E-state index is -1.11. The number of carboxylic acid groups (broad SMARTS) is 1. The van der Waals surface area contributed by atoms with E-state index in [9.17, 15) is 14.3 Å². The highest BCUT2D eigenvalue weighted by Crippen LogP contribution is 2.31. The number of hydrogen-bond acceptors (Lipinski definition) is 4. The second-order valence-electron chi connectivity index (χ2n) is 4.39. The van der Waals surface area contributed by atoms with E-state index < -0.39 is 18.0 Å². The fourth-order valence-electron chi connectivity index (χ4n) is 2.15. The van der Waals surface area contributed by atoms with Gasteiger partial charge in [0, 0.05) is 18.7 Å². The van der Waals surface area contributed by atoms with Crippen molar-refractivity contribution in [2.45, 2.75) is 12.5 Å². The van der Waals surface area contributed by atoms with Crippen molar-refractivity contribution < 1.29 is 19.0 Å². The van der Waals surface area contributed by atoms with Crippen LogP contribution in [0.2, 0.25) is 0 Å². The lowest BCUT2D eigenvalue weighted by molar-refractivity contribution is 0.0891. The summed E-state index contributed by atoms with van der Waals surface area (Å²) in [4.78, 5) is 12.4. The van der Waals surface area contributed by atoms with Crippen LogP contribution in [0, 0.1) is 5.82 Å². The second kappa shape index (κ2) is 5.31. The molecule has 104 valence electrons. The Morgan fingerprint density at radius 2 is 2.21 bits per heavy atom. The highest BCUT2D eigenvalue weighted by molar-refractivity contribution is 5.68. The summed E-state index contributed by atoms with van der Waals surface area (Å²) in [6.07, 6.45) is -0.528. The topological polar surface area (TPSA) is 102 Å². The number of ether oxygens (including phenoxy) is 1. The Bertz CT molecular complexity index is 495. The van der Waals surface area contributed by atoms with E-state index in [1.807, 2.05) is 0 Å². The third-order valence-electron chi connectivity index (χ3n) is 3.19. The van der Waals surface area contributed by atoms with Gasteiger partial charge in [-0.1, -0.05) is 6.07 Å². The number of hydrogen-bond donors (Lipinski definition) is 3. The van der Waals surface area contributed by atoms with Crippen molar-refractivity contribution in [2.75, 3.05) is 31.2 Å². The van der Waals surface area contributed by atoms with Crippen molar-refractivity contribution in [1.29, 1.82) is 0 Å². The fourth-order valence-corrected chi connectivity index (χ4v) is 2.15. The van der Waals surface area contributed by atoms with E-state index in [2.05, 4.69) is 0 Å². The van der Waals surface area contributed by atoms with Crippen LogP contribution >= 0.6 is 0 Å². The number of benzene rings is 1. The molecule has 1 atom stereocenters. The SMILES string of the molecule is Nc1ccc(C2COCCCN2C(=O)O)c(F)c1N. The molecule has 19 heavy (non-hydrogen) atoms. The van der Waals surface area contributed by atoms with Gasteiger partial charge in [0.25, 0.3) is 0 Å². The Balaban J connectivity index is 2.42. The zero-order chi connectivity index (χ0) is 14.0. The molecule has 1 unspecified atom stereocenters. The molecule has 0 aromatic heterocycles. The number of amides is 1. The first-order valence-corrected chi connectivity index (χ1v) is 5.93. The average molecular weight is 269 g/mol. The molecule has 6 nitrogen and oxygen atoms in total. The molecule has 5 N–H and O–H groups in total. The molecule has 1 saturated heterocycles. The molecule has 1 heterocycles. The summed E-state index contributed by atoms with van der Waals surface area (Å²) in [5.41, 5.74) is 11.2. The Morgan fingerprint density at radius 3 is 2.89 bits per heavy atom. The van der Waals surface area contributed by atoms with Crippen molar-refractivity contribution in [3.05, 3.63) is 23.5 Å². The molecule has 1 aliphatic heterocycles. The van der Waals surface area contributed by atoms with E-state index in [1.165, 1.54) is 17.0 Å². The van der Waals surface area contributed by atoms with Gasteiger partial charge in [-0.05, 0) is 12.5 Å². The minimum absolute atomic E-state index is 0.104. The zero-order valence-electron chi connectivity index (χ0n) is 10.3. The summed E-state index contributed by atoms with van der Waals surface area (Å²) in [6.45, 7) is 0.850. The molecule has 2 rings (SSSR count). The molecule has 1 aromatic carbocycles. The molecule has 1 fully saturated rings. The highest BCUT2D eigenvalue weighted by Gasteiger charge is 2.30. The molecule has 0 bridgehead atoms. The number of anilines is 2. The van der Waals surface area contributed by atoms with Gasteiger partial charge in [0.1, 0.15) is 0 Å². The number of nitrogens with zero attached hydrogens (tertiary/aromatic N) is 1. The number of carbonyl (C=O) groups is 1. The van der Waals surface area contributed by atoms with Crippen LogP contribution in [0.25, 0.3) is 0 Å². The van der Waals surface area contributed by atoms with Crippen LogP contribution in [0.15, 0.2) is 12.1 Å². The first-order chi connectivity index (χ1) is 9.02. The molecule has 0 spiro atoms. The molecule has 0 saturated carbocycles. The van der Waals surface area contributed by atoms with Crippen LogP contribution in [-0.2, 0) is 4.74 Å². The Hall–Kier alpha value is -2.02. The smallest absolute Gasteiger partial charge is 0.407 e. The van der Waals surface area contributed by atoms with Crippen LogP contribution in [-0.4, -0.2) is 35.9 Å². The first kappa shape index (κ1) is 13.4. The Morgan fingerprint density at radius 1 is 1.47 bits per heavy atom. The summed E-state index contributed by atoms with van der Waals surface area (Å²) in [6, 6.07) is 2.22. The fraction of sp³-hybridized carbons (Fsp3) is 0.417. The van der Waals surface area contributed by atoms with Crippen LogP contribution < -0.4 is 11.5 Å². The van der Waals surface area contributed by atoms with Crippen LogP contribution in [0.5, 0.6) is 0 Å². The number of nitrogens with two attached hydrogens (primary N) is 2. The predicted octanol–water partition coefficient (Wildman–Crippen LogP) is 1.43. The monoisotopic (exact) mass is 269 g/mol. The van der Waals surface area contributed by atoms with E-state index in [4.69, 9.17) is 16.2 Å². The Kier molecular flexibility index (Phi) is 3.75. The summed E-state index contributed by atoms with van der Waals surface area (Å²) in [5.74, 6) is -0.679. The van der Waals surface area contributed by atoms with Crippen LogP contribution in [0.1, 0.15) is 18.0 Å². The van der Waals surface area contributed by atoms with E-state index in [0.29, 0.717) is 19.6 Å². The van der Waals surface area contributed by atoms with Gasteiger partial charge in [0.05, 0.1) is 24.0 Å². The largest absolute Gasteiger partial charge is 0.465 e. The molecule has 1 aliphatic rings. The van der Waals surface area contributed by atoms with Gasteiger partial charge in [-0.2, -0.15) is 0 Å². The molecule has 7 heteroatoms. The minimum Gasteiger partial charge on any atom is -0.465 e. The van der Waals surface area contributed by atoms with Crippen molar-refractivity contribution in [2.24, 2.45) is 0 Å². The number of nitrogen functional groups attached to an aromatic ring is 2. The van der Waals surface area contributed by atoms with E-state index >= 15 is 0 Å². The van der Waals surface area contributed by atoms with E-state index in [-0.39, 0.29) is 23.5 Å². The maximum Gasteiger partial charge on any atom is 0.407 e. The van der Waals surface area contributed by atoms with Crippen molar-refractivity contribution in [1.82, 2.24) is 4.90 Å². The lowest BCUT2D eigenvalue weighted by atomic mass is 10.0. The van der Waals surface area contributed by atoms with Crippen LogP contribution in [0.4, 0.5) is 20.6 Å². The maximum absolute atomic E-state index is 14.1. The van der Waals surface area contributed by atoms with E-state index in [1.54, 1.807) is 0 Å². The van der Waals surface area contributed by atoms with Gasteiger partial charge in [-0.25, -0.2) is 9.18 Å². The summed E-state index contributed by atoms with van der Waals surface area (Å²) in [5, 5.41) is 9.20. The lowest BCUT2D eigenvalue weighted by Gasteiger charge is -2.27. The third-order valence-corrected chi connectivity index (χ3v) is 3.19. The van der Waals surface area contributed by atoms with Gasteiger partial charge < -0.3 is 21.3 Å². The van der Waals surface area contributed by atoms with Crippen LogP contribution in [0.3, 0.4) is 0 Å². The number of rotatable bonds is 1. The quantitative estimate of drug-likeness (QED) is 0.669. The van der Waals surface area contributed by atoms with Gasteiger partial charge >= 0.3 is 6.09 Å². The molecule has 0 radical (unpaired) electrons. The van der Waals surface area contributed by atoms with Gasteiger partial charge in [0.2, 0.25) is 0 Å². The van der Waals surface area contributed by atoms with Gasteiger partial charge in [0.15, 0.2) is 5.82 Å². The predicted molar refractivity (Wildman–Crippen MR) is 68.1 cm³/mol. The molecular weight excluding hydrogens is 253 g/mol. The lowest BCUT2D eigenvalue weighted by Crippen LogP contribution is -2.35. The third kappa shape index (κ3) is 2.55. The van der Waals surface area contributed by atoms with Crippen molar-refractivity contribution >= 4 is 17.5 Å².